The van der Waals surface area contributed by atoms with Crippen molar-refractivity contribution in [1.82, 2.24) is 5.32 Å². The number of benzene rings is 1. The first-order valence-electron chi connectivity index (χ1n) is 6.35. The average Bonchev–Trinajstić information content (AvgIpc) is 2.69. The zero-order valence-electron chi connectivity index (χ0n) is 10.1. The van der Waals surface area contributed by atoms with E-state index < -0.39 is 0 Å². The Labute approximate surface area is 107 Å². The van der Waals surface area contributed by atoms with Crippen LogP contribution >= 0.6 is 11.6 Å². The summed E-state index contributed by atoms with van der Waals surface area (Å²) in [6.45, 7) is 0. The Bertz CT molecular complexity index is 409. The van der Waals surface area contributed by atoms with Gasteiger partial charge < -0.3 is 10.1 Å². The molecular weight excluding hydrogens is 234 g/mol. The highest BCUT2D eigenvalue weighted by molar-refractivity contribution is 6.32. The van der Waals surface area contributed by atoms with E-state index in [-0.39, 0.29) is 0 Å². The van der Waals surface area contributed by atoms with Crippen molar-refractivity contribution in [3.63, 3.8) is 0 Å². The minimum atomic E-state index is 0.667. The van der Waals surface area contributed by atoms with Gasteiger partial charge in [-0.3, -0.25) is 0 Å². The SMILES string of the molecule is COc1cc(C2CC3CCC(C2)N3)ccc1Cl. The summed E-state index contributed by atoms with van der Waals surface area (Å²) in [6, 6.07) is 7.67. The van der Waals surface area contributed by atoms with Crippen molar-refractivity contribution in [3.05, 3.63) is 28.8 Å². The topological polar surface area (TPSA) is 21.3 Å². The zero-order valence-corrected chi connectivity index (χ0v) is 10.8. The van der Waals surface area contributed by atoms with Crippen molar-refractivity contribution < 1.29 is 4.74 Å². The van der Waals surface area contributed by atoms with Crippen LogP contribution in [0.2, 0.25) is 5.02 Å². The number of piperidine rings is 1. The molecule has 1 aromatic rings. The maximum absolute atomic E-state index is 6.07. The van der Waals surface area contributed by atoms with Crippen LogP contribution in [0.25, 0.3) is 0 Å². The van der Waals surface area contributed by atoms with Crippen LogP contribution in [0, 0.1) is 0 Å². The average molecular weight is 252 g/mol. The fourth-order valence-corrected chi connectivity index (χ4v) is 3.45. The van der Waals surface area contributed by atoms with Crippen molar-refractivity contribution in [2.75, 3.05) is 7.11 Å². The van der Waals surface area contributed by atoms with Crippen molar-refractivity contribution in [1.29, 1.82) is 0 Å². The highest BCUT2D eigenvalue weighted by Crippen LogP contribution is 2.39. The van der Waals surface area contributed by atoms with Gasteiger partial charge in [-0.2, -0.15) is 0 Å². The Morgan fingerprint density at radius 3 is 2.59 bits per heavy atom. The fraction of sp³-hybridized carbons (Fsp3) is 0.571. The molecule has 0 saturated carbocycles. The Morgan fingerprint density at radius 2 is 1.94 bits per heavy atom. The standard InChI is InChI=1S/C14H18ClNO/c1-17-14-8-9(2-5-13(14)15)10-6-11-3-4-12(7-10)16-11/h2,5,8,10-12,16H,3-4,6-7H2,1H3. The molecule has 2 atom stereocenters. The van der Waals surface area contributed by atoms with E-state index in [4.69, 9.17) is 16.3 Å². The van der Waals surface area contributed by atoms with E-state index >= 15 is 0 Å². The lowest BCUT2D eigenvalue weighted by Crippen LogP contribution is -2.37. The third-order valence-electron chi connectivity index (χ3n) is 4.12. The predicted molar refractivity (Wildman–Crippen MR) is 69.9 cm³/mol. The number of nitrogens with one attached hydrogen (secondary N) is 1. The highest BCUT2D eigenvalue weighted by atomic mass is 35.5. The lowest BCUT2D eigenvalue weighted by molar-refractivity contribution is 0.361. The number of fused-ring (bicyclic) bond motifs is 2. The Morgan fingerprint density at radius 1 is 1.24 bits per heavy atom. The number of rotatable bonds is 2. The number of halogens is 1. The second-order valence-electron chi connectivity index (χ2n) is 5.20. The molecule has 0 aromatic heterocycles. The van der Waals surface area contributed by atoms with Gasteiger partial charge in [-0.1, -0.05) is 17.7 Å². The smallest absolute Gasteiger partial charge is 0.137 e. The van der Waals surface area contributed by atoms with E-state index in [1.165, 1.54) is 31.2 Å². The van der Waals surface area contributed by atoms with Crippen LogP contribution in [0.15, 0.2) is 18.2 Å². The zero-order chi connectivity index (χ0) is 11.8. The summed E-state index contributed by atoms with van der Waals surface area (Å²) in [5.74, 6) is 1.47. The van der Waals surface area contributed by atoms with Gasteiger partial charge in [0, 0.05) is 12.1 Å². The third-order valence-corrected chi connectivity index (χ3v) is 4.43. The first kappa shape index (κ1) is 11.4. The summed E-state index contributed by atoms with van der Waals surface area (Å²) in [5.41, 5.74) is 1.38. The minimum Gasteiger partial charge on any atom is -0.495 e. The number of hydrogen-bond acceptors (Lipinski definition) is 2. The van der Waals surface area contributed by atoms with E-state index in [1.807, 2.05) is 6.07 Å². The minimum absolute atomic E-state index is 0.667. The van der Waals surface area contributed by atoms with Crippen LogP contribution in [-0.2, 0) is 0 Å². The molecular formula is C14H18ClNO. The van der Waals surface area contributed by atoms with Crippen LogP contribution in [0.4, 0.5) is 0 Å². The summed E-state index contributed by atoms with van der Waals surface area (Å²) in [4.78, 5) is 0. The van der Waals surface area contributed by atoms with Gasteiger partial charge in [-0.15, -0.1) is 0 Å². The van der Waals surface area contributed by atoms with Gasteiger partial charge in [0.25, 0.3) is 0 Å². The molecule has 2 fully saturated rings. The van der Waals surface area contributed by atoms with Gasteiger partial charge in [-0.05, 0) is 49.3 Å². The molecule has 3 rings (SSSR count). The summed E-state index contributed by atoms with van der Waals surface area (Å²) in [6.07, 6.45) is 5.18. The molecule has 92 valence electrons. The van der Waals surface area contributed by atoms with E-state index in [0.29, 0.717) is 10.9 Å². The Balaban J connectivity index is 1.84. The van der Waals surface area contributed by atoms with Crippen molar-refractivity contribution in [3.8, 4) is 5.75 Å². The molecule has 1 N–H and O–H groups in total. The molecule has 0 spiro atoms. The molecule has 2 aliphatic rings. The quantitative estimate of drug-likeness (QED) is 0.871. The van der Waals surface area contributed by atoms with Gasteiger partial charge in [0.2, 0.25) is 0 Å². The van der Waals surface area contributed by atoms with Crippen LogP contribution in [0.5, 0.6) is 5.75 Å². The Hall–Kier alpha value is -0.730. The first-order chi connectivity index (χ1) is 8.26. The third kappa shape index (κ3) is 2.16. The maximum atomic E-state index is 6.07. The van der Waals surface area contributed by atoms with Crippen molar-refractivity contribution in [2.24, 2.45) is 0 Å². The van der Waals surface area contributed by atoms with E-state index in [0.717, 1.165) is 17.8 Å². The number of methoxy groups -OCH3 is 1. The van der Waals surface area contributed by atoms with E-state index in [1.54, 1.807) is 7.11 Å². The summed E-state index contributed by atoms with van der Waals surface area (Å²) >= 11 is 6.07. The summed E-state index contributed by atoms with van der Waals surface area (Å²) in [7, 11) is 1.68. The van der Waals surface area contributed by atoms with Crippen LogP contribution in [-0.4, -0.2) is 19.2 Å². The molecule has 1 aromatic carbocycles. The molecule has 0 aliphatic carbocycles. The molecule has 2 saturated heterocycles. The molecule has 2 bridgehead atoms. The molecule has 0 amide bonds. The second-order valence-corrected chi connectivity index (χ2v) is 5.61. The lowest BCUT2D eigenvalue weighted by atomic mass is 9.86. The Kier molecular flexibility index (Phi) is 3.01. The summed E-state index contributed by atoms with van der Waals surface area (Å²) in [5, 5.41) is 4.37. The van der Waals surface area contributed by atoms with Crippen LogP contribution < -0.4 is 10.1 Å². The second kappa shape index (κ2) is 4.51. The van der Waals surface area contributed by atoms with E-state index in [2.05, 4.69) is 17.4 Å². The molecule has 2 unspecified atom stereocenters. The van der Waals surface area contributed by atoms with Gasteiger partial charge in [0.05, 0.1) is 12.1 Å². The highest BCUT2D eigenvalue weighted by Gasteiger charge is 2.34. The van der Waals surface area contributed by atoms with E-state index in [9.17, 15) is 0 Å². The van der Waals surface area contributed by atoms with Gasteiger partial charge in [0.1, 0.15) is 5.75 Å². The molecule has 17 heavy (non-hydrogen) atoms. The molecule has 2 heterocycles. The van der Waals surface area contributed by atoms with Gasteiger partial charge in [-0.25, -0.2) is 0 Å². The maximum Gasteiger partial charge on any atom is 0.137 e. The number of ether oxygens (including phenoxy) is 1. The van der Waals surface area contributed by atoms with Crippen molar-refractivity contribution in [2.45, 2.75) is 43.7 Å². The van der Waals surface area contributed by atoms with Gasteiger partial charge in [0.15, 0.2) is 0 Å². The normalized spacial score (nSPS) is 31.5. The van der Waals surface area contributed by atoms with Crippen LogP contribution in [0.3, 0.4) is 0 Å². The number of hydrogen-bond donors (Lipinski definition) is 1. The van der Waals surface area contributed by atoms with Crippen molar-refractivity contribution >= 4 is 11.6 Å². The van der Waals surface area contributed by atoms with Gasteiger partial charge >= 0.3 is 0 Å². The van der Waals surface area contributed by atoms with Crippen LogP contribution in [0.1, 0.15) is 37.2 Å². The predicted octanol–water partition coefficient (Wildman–Crippen LogP) is 3.35. The molecule has 2 aliphatic heterocycles. The molecule has 3 heteroatoms. The fourth-order valence-electron chi connectivity index (χ4n) is 3.26. The molecule has 2 nitrogen and oxygen atoms in total. The summed E-state index contributed by atoms with van der Waals surface area (Å²) < 4.78 is 5.30. The molecule has 0 radical (unpaired) electrons. The largest absolute Gasteiger partial charge is 0.495 e. The lowest BCUT2D eigenvalue weighted by Gasteiger charge is -2.29. The monoisotopic (exact) mass is 251 g/mol. The first-order valence-corrected chi connectivity index (χ1v) is 6.73.